The molecular formula is C14H18F2N2O4S. The third-order valence-corrected chi connectivity index (χ3v) is 4.83. The molecule has 0 aromatic heterocycles. The number of hydrogen-bond donors (Lipinski definition) is 2. The fourth-order valence-electron chi connectivity index (χ4n) is 2.19. The molecular weight excluding hydrogens is 330 g/mol. The minimum atomic E-state index is -3.73. The molecule has 0 saturated carbocycles. The highest BCUT2D eigenvalue weighted by Crippen LogP contribution is 2.25. The molecule has 1 fully saturated rings. The minimum absolute atomic E-state index is 0.190. The highest BCUT2D eigenvalue weighted by Gasteiger charge is 2.25. The molecule has 1 aromatic carbocycles. The summed E-state index contributed by atoms with van der Waals surface area (Å²) in [6.45, 7) is 2.35. The first-order chi connectivity index (χ1) is 10.8. The molecule has 2 rings (SSSR count). The van der Waals surface area contributed by atoms with Crippen LogP contribution in [-0.2, 0) is 19.6 Å². The standard InChI is InChI=1S/C14H18F2N2O4S/c1-2-5-23(20,21)18-13-7-12(10(15)6-11(13)16)17-14(19)9-3-4-22-8-9/h6-7,9,18H,2-5,8H2,1H3,(H,17,19)/t9-/m1/s1. The van der Waals surface area contributed by atoms with Crippen LogP contribution in [0.15, 0.2) is 12.1 Å². The van der Waals surface area contributed by atoms with Crippen molar-refractivity contribution >= 4 is 27.3 Å². The predicted molar refractivity (Wildman–Crippen MR) is 81.6 cm³/mol. The zero-order valence-corrected chi connectivity index (χ0v) is 13.4. The van der Waals surface area contributed by atoms with Crippen molar-refractivity contribution in [2.45, 2.75) is 19.8 Å². The van der Waals surface area contributed by atoms with Gasteiger partial charge in [0.1, 0.15) is 11.6 Å². The van der Waals surface area contributed by atoms with E-state index in [1.165, 1.54) is 0 Å². The quantitative estimate of drug-likeness (QED) is 0.824. The van der Waals surface area contributed by atoms with Crippen LogP contribution in [-0.4, -0.2) is 33.3 Å². The Morgan fingerprint density at radius 1 is 1.30 bits per heavy atom. The van der Waals surface area contributed by atoms with Gasteiger partial charge in [-0.15, -0.1) is 0 Å². The van der Waals surface area contributed by atoms with E-state index in [0.29, 0.717) is 25.5 Å². The number of carbonyl (C=O) groups excluding carboxylic acids is 1. The number of halogens is 2. The van der Waals surface area contributed by atoms with Gasteiger partial charge in [-0.05, 0) is 18.9 Å². The Kier molecular flexibility index (Phi) is 5.53. The van der Waals surface area contributed by atoms with Crippen LogP contribution in [0.4, 0.5) is 20.2 Å². The molecule has 1 saturated heterocycles. The molecule has 0 spiro atoms. The van der Waals surface area contributed by atoms with Gasteiger partial charge >= 0.3 is 0 Å². The molecule has 1 aliphatic rings. The molecule has 1 aliphatic heterocycles. The number of anilines is 2. The molecule has 1 amide bonds. The normalized spacial score (nSPS) is 18.0. The summed E-state index contributed by atoms with van der Waals surface area (Å²) >= 11 is 0. The first-order valence-corrected chi connectivity index (χ1v) is 8.85. The predicted octanol–water partition coefficient (Wildman–Crippen LogP) is 2.09. The number of ether oxygens (including phenoxy) is 1. The van der Waals surface area contributed by atoms with Crippen molar-refractivity contribution in [1.82, 2.24) is 0 Å². The maximum atomic E-state index is 13.8. The number of amides is 1. The van der Waals surface area contributed by atoms with E-state index >= 15 is 0 Å². The molecule has 1 heterocycles. The van der Waals surface area contributed by atoms with Crippen LogP contribution in [0, 0.1) is 17.6 Å². The first kappa shape index (κ1) is 17.6. The lowest BCUT2D eigenvalue weighted by Gasteiger charge is -2.13. The fourth-order valence-corrected chi connectivity index (χ4v) is 3.32. The van der Waals surface area contributed by atoms with Crippen LogP contribution in [0.3, 0.4) is 0 Å². The summed E-state index contributed by atoms with van der Waals surface area (Å²) in [5.41, 5.74) is -0.685. The largest absolute Gasteiger partial charge is 0.381 e. The molecule has 2 N–H and O–H groups in total. The molecule has 9 heteroatoms. The average molecular weight is 348 g/mol. The Morgan fingerprint density at radius 2 is 2.00 bits per heavy atom. The summed E-state index contributed by atoms with van der Waals surface area (Å²) < 4.78 is 58.1. The summed E-state index contributed by atoms with van der Waals surface area (Å²) in [6, 6.07) is 1.47. The van der Waals surface area contributed by atoms with Crippen LogP contribution in [0.5, 0.6) is 0 Å². The topological polar surface area (TPSA) is 84.5 Å². The number of rotatable bonds is 6. The van der Waals surface area contributed by atoms with Gasteiger partial charge in [0.05, 0.1) is 29.7 Å². The average Bonchev–Trinajstić information content (AvgIpc) is 2.97. The number of carbonyl (C=O) groups is 1. The van der Waals surface area contributed by atoms with Crippen molar-refractivity contribution in [3.63, 3.8) is 0 Å². The second-order valence-electron chi connectivity index (χ2n) is 5.28. The van der Waals surface area contributed by atoms with Gasteiger partial charge in [-0.2, -0.15) is 0 Å². The Morgan fingerprint density at radius 3 is 2.61 bits per heavy atom. The van der Waals surface area contributed by atoms with Gasteiger partial charge in [0.2, 0.25) is 15.9 Å². The van der Waals surface area contributed by atoms with Crippen molar-refractivity contribution < 1.29 is 26.7 Å². The Bertz CT molecular complexity index is 688. The van der Waals surface area contributed by atoms with Gasteiger partial charge in [0, 0.05) is 12.7 Å². The Labute approximate surface area is 133 Å². The van der Waals surface area contributed by atoms with E-state index in [1.807, 2.05) is 0 Å². The summed E-state index contributed by atoms with van der Waals surface area (Å²) in [5.74, 6) is -3.07. The van der Waals surface area contributed by atoms with Crippen molar-refractivity contribution in [3.05, 3.63) is 23.8 Å². The van der Waals surface area contributed by atoms with Gasteiger partial charge in [-0.1, -0.05) is 6.92 Å². The molecule has 0 aliphatic carbocycles. The maximum Gasteiger partial charge on any atom is 0.232 e. The highest BCUT2D eigenvalue weighted by atomic mass is 32.2. The van der Waals surface area contributed by atoms with Gasteiger partial charge in [-0.25, -0.2) is 17.2 Å². The molecule has 1 atom stereocenters. The van der Waals surface area contributed by atoms with E-state index < -0.39 is 39.2 Å². The fraction of sp³-hybridized carbons (Fsp3) is 0.500. The van der Waals surface area contributed by atoms with Crippen molar-refractivity contribution in [2.75, 3.05) is 29.0 Å². The summed E-state index contributed by atoms with van der Waals surface area (Å²) in [4.78, 5) is 12.0. The smallest absolute Gasteiger partial charge is 0.232 e. The third-order valence-electron chi connectivity index (χ3n) is 3.35. The SMILES string of the molecule is CCCS(=O)(=O)Nc1cc(NC(=O)[C@@H]2CCOC2)c(F)cc1F. The second-order valence-corrected chi connectivity index (χ2v) is 7.12. The van der Waals surface area contributed by atoms with Crippen LogP contribution in [0.1, 0.15) is 19.8 Å². The Balaban J connectivity index is 2.20. The van der Waals surface area contributed by atoms with Crippen LogP contribution < -0.4 is 10.0 Å². The van der Waals surface area contributed by atoms with Crippen LogP contribution >= 0.6 is 0 Å². The lowest BCUT2D eigenvalue weighted by Crippen LogP contribution is -2.24. The van der Waals surface area contributed by atoms with Crippen molar-refractivity contribution in [1.29, 1.82) is 0 Å². The molecule has 23 heavy (non-hydrogen) atoms. The molecule has 6 nitrogen and oxygen atoms in total. The van der Waals surface area contributed by atoms with Crippen molar-refractivity contribution in [3.8, 4) is 0 Å². The van der Waals surface area contributed by atoms with E-state index in [-0.39, 0.29) is 18.0 Å². The Hall–Kier alpha value is -1.74. The van der Waals surface area contributed by atoms with Gasteiger partial charge in [-0.3, -0.25) is 9.52 Å². The van der Waals surface area contributed by atoms with Crippen LogP contribution in [0.25, 0.3) is 0 Å². The molecule has 0 bridgehead atoms. The molecule has 1 aromatic rings. The third kappa shape index (κ3) is 4.61. The van der Waals surface area contributed by atoms with E-state index in [9.17, 15) is 22.0 Å². The van der Waals surface area contributed by atoms with E-state index in [2.05, 4.69) is 10.0 Å². The van der Waals surface area contributed by atoms with Crippen LogP contribution in [0.2, 0.25) is 0 Å². The van der Waals surface area contributed by atoms with Gasteiger partial charge in [0.15, 0.2) is 0 Å². The number of benzene rings is 1. The zero-order valence-electron chi connectivity index (χ0n) is 12.6. The lowest BCUT2D eigenvalue weighted by molar-refractivity contribution is -0.119. The minimum Gasteiger partial charge on any atom is -0.381 e. The summed E-state index contributed by atoms with van der Waals surface area (Å²) in [5, 5.41) is 2.34. The lowest BCUT2D eigenvalue weighted by atomic mass is 10.1. The van der Waals surface area contributed by atoms with Gasteiger partial charge < -0.3 is 10.1 Å². The number of sulfonamides is 1. The van der Waals surface area contributed by atoms with Gasteiger partial charge in [0.25, 0.3) is 0 Å². The van der Waals surface area contributed by atoms with Crippen molar-refractivity contribution in [2.24, 2.45) is 5.92 Å². The summed E-state index contributed by atoms with van der Waals surface area (Å²) in [6.07, 6.45) is 0.869. The zero-order chi connectivity index (χ0) is 17.0. The summed E-state index contributed by atoms with van der Waals surface area (Å²) in [7, 11) is -3.73. The monoisotopic (exact) mass is 348 g/mol. The molecule has 128 valence electrons. The first-order valence-electron chi connectivity index (χ1n) is 7.20. The number of nitrogens with one attached hydrogen (secondary N) is 2. The van der Waals surface area contributed by atoms with E-state index in [1.54, 1.807) is 6.92 Å². The molecule has 0 unspecified atom stereocenters. The second kappa shape index (κ2) is 7.22. The number of hydrogen-bond acceptors (Lipinski definition) is 4. The highest BCUT2D eigenvalue weighted by molar-refractivity contribution is 7.92. The van der Waals surface area contributed by atoms with E-state index in [0.717, 1.165) is 6.07 Å². The maximum absolute atomic E-state index is 13.8. The van der Waals surface area contributed by atoms with E-state index in [4.69, 9.17) is 4.74 Å². The molecule has 0 radical (unpaired) electrons.